The predicted octanol–water partition coefficient (Wildman–Crippen LogP) is 2.79. The van der Waals surface area contributed by atoms with Crippen LogP contribution < -0.4 is 10.6 Å². The first kappa shape index (κ1) is 11.5. The van der Waals surface area contributed by atoms with Gasteiger partial charge in [0.1, 0.15) is 5.82 Å². The Morgan fingerprint density at radius 3 is 3.06 bits per heavy atom. The molecule has 1 atom stereocenters. The number of aromatic nitrogens is 1. The lowest BCUT2D eigenvalue weighted by molar-refractivity contribution is 0.634. The van der Waals surface area contributed by atoms with Gasteiger partial charge in [0.15, 0.2) is 0 Å². The summed E-state index contributed by atoms with van der Waals surface area (Å²) < 4.78 is 0. The minimum atomic E-state index is 0.501. The Morgan fingerprint density at radius 1 is 1.11 bits per heavy atom. The minimum absolute atomic E-state index is 0.501. The summed E-state index contributed by atoms with van der Waals surface area (Å²) in [5, 5.41) is 8.20. The number of fused-ring (bicyclic) bond motifs is 1. The third-order valence-electron chi connectivity index (χ3n) is 3.50. The van der Waals surface area contributed by atoms with Crippen LogP contribution in [0.1, 0.15) is 19.3 Å². The van der Waals surface area contributed by atoms with Crippen LogP contribution in [-0.2, 0) is 0 Å². The first-order chi connectivity index (χ1) is 8.92. The van der Waals surface area contributed by atoms with Gasteiger partial charge < -0.3 is 10.6 Å². The van der Waals surface area contributed by atoms with Crippen LogP contribution in [-0.4, -0.2) is 24.1 Å². The van der Waals surface area contributed by atoms with E-state index in [0.717, 1.165) is 24.4 Å². The number of pyridine rings is 1. The van der Waals surface area contributed by atoms with Crippen molar-refractivity contribution in [3.05, 3.63) is 36.4 Å². The summed E-state index contributed by atoms with van der Waals surface area (Å²) in [5.74, 6) is 0.988. The van der Waals surface area contributed by atoms with Gasteiger partial charge in [-0.15, -0.1) is 0 Å². The number of hydrogen-bond donors (Lipinski definition) is 2. The van der Waals surface area contributed by atoms with Gasteiger partial charge in [0, 0.05) is 18.0 Å². The second-order valence-corrected chi connectivity index (χ2v) is 4.93. The average molecular weight is 241 g/mol. The number of anilines is 1. The van der Waals surface area contributed by atoms with Crippen LogP contribution in [0.15, 0.2) is 36.4 Å². The molecule has 1 unspecified atom stereocenters. The maximum Gasteiger partial charge on any atom is 0.126 e. The predicted molar refractivity (Wildman–Crippen MR) is 75.9 cm³/mol. The highest BCUT2D eigenvalue weighted by atomic mass is 15.0. The topological polar surface area (TPSA) is 37.0 Å². The fraction of sp³-hybridized carbons (Fsp3) is 0.400. The van der Waals surface area contributed by atoms with Crippen molar-refractivity contribution >= 4 is 16.7 Å². The smallest absolute Gasteiger partial charge is 0.126 e. The number of para-hydroxylation sites is 1. The molecule has 18 heavy (non-hydrogen) atoms. The van der Waals surface area contributed by atoms with E-state index in [-0.39, 0.29) is 0 Å². The third kappa shape index (κ3) is 2.62. The molecule has 3 heteroatoms. The van der Waals surface area contributed by atoms with Crippen molar-refractivity contribution in [1.29, 1.82) is 0 Å². The zero-order chi connectivity index (χ0) is 12.2. The molecular formula is C15H19N3. The first-order valence-electron chi connectivity index (χ1n) is 6.75. The minimum Gasteiger partial charge on any atom is -0.366 e. The van der Waals surface area contributed by atoms with Gasteiger partial charge >= 0.3 is 0 Å². The van der Waals surface area contributed by atoms with Gasteiger partial charge in [-0.2, -0.15) is 0 Å². The molecule has 1 fully saturated rings. The Bertz CT molecular complexity index is 516. The SMILES string of the molecule is c1ccc2nc(NC3CCCCNC3)ccc2c1. The molecule has 1 aliphatic heterocycles. The van der Waals surface area contributed by atoms with Crippen molar-refractivity contribution in [3.63, 3.8) is 0 Å². The zero-order valence-corrected chi connectivity index (χ0v) is 10.5. The maximum absolute atomic E-state index is 4.66. The number of rotatable bonds is 2. The van der Waals surface area contributed by atoms with Crippen molar-refractivity contribution in [2.75, 3.05) is 18.4 Å². The Kier molecular flexibility index (Phi) is 3.42. The molecule has 0 spiro atoms. The van der Waals surface area contributed by atoms with Crippen molar-refractivity contribution in [3.8, 4) is 0 Å². The number of nitrogens with zero attached hydrogens (tertiary/aromatic N) is 1. The summed E-state index contributed by atoms with van der Waals surface area (Å²) in [5.41, 5.74) is 1.06. The Labute approximate surface area is 108 Å². The van der Waals surface area contributed by atoms with Crippen molar-refractivity contribution in [2.24, 2.45) is 0 Å². The number of benzene rings is 1. The summed E-state index contributed by atoms with van der Waals surface area (Å²) in [6.45, 7) is 2.18. The van der Waals surface area contributed by atoms with Gasteiger partial charge in [0.2, 0.25) is 0 Å². The van der Waals surface area contributed by atoms with E-state index in [1.165, 1.54) is 24.6 Å². The van der Waals surface area contributed by atoms with Gasteiger partial charge in [-0.05, 0) is 37.6 Å². The van der Waals surface area contributed by atoms with E-state index in [1.54, 1.807) is 0 Å². The maximum atomic E-state index is 4.66. The Balaban J connectivity index is 1.77. The summed E-state index contributed by atoms with van der Waals surface area (Å²) in [6.07, 6.45) is 3.79. The molecule has 1 saturated heterocycles. The van der Waals surface area contributed by atoms with E-state index in [4.69, 9.17) is 0 Å². The van der Waals surface area contributed by atoms with E-state index in [0.29, 0.717) is 6.04 Å². The quantitative estimate of drug-likeness (QED) is 0.849. The lowest BCUT2D eigenvalue weighted by Gasteiger charge is -2.17. The summed E-state index contributed by atoms with van der Waals surface area (Å²) in [6, 6.07) is 13.0. The van der Waals surface area contributed by atoms with Crippen LogP contribution >= 0.6 is 0 Å². The largest absolute Gasteiger partial charge is 0.366 e. The highest BCUT2D eigenvalue weighted by molar-refractivity contribution is 5.80. The number of hydrogen-bond acceptors (Lipinski definition) is 3. The van der Waals surface area contributed by atoms with Crippen molar-refractivity contribution in [1.82, 2.24) is 10.3 Å². The van der Waals surface area contributed by atoms with E-state index in [2.05, 4.69) is 39.9 Å². The molecule has 0 bridgehead atoms. The van der Waals surface area contributed by atoms with Gasteiger partial charge in [0.25, 0.3) is 0 Å². The molecule has 1 aliphatic rings. The molecule has 0 saturated carbocycles. The second kappa shape index (κ2) is 5.36. The summed E-state index contributed by atoms with van der Waals surface area (Å²) >= 11 is 0. The van der Waals surface area contributed by atoms with Crippen LogP contribution in [0.25, 0.3) is 10.9 Å². The van der Waals surface area contributed by atoms with E-state index >= 15 is 0 Å². The van der Waals surface area contributed by atoms with Gasteiger partial charge in [-0.3, -0.25) is 0 Å². The van der Waals surface area contributed by atoms with Gasteiger partial charge in [-0.1, -0.05) is 24.6 Å². The lowest BCUT2D eigenvalue weighted by atomic mass is 10.1. The second-order valence-electron chi connectivity index (χ2n) is 4.93. The molecule has 0 aliphatic carbocycles. The van der Waals surface area contributed by atoms with Crippen LogP contribution in [0.3, 0.4) is 0 Å². The highest BCUT2D eigenvalue weighted by Crippen LogP contribution is 2.16. The monoisotopic (exact) mass is 241 g/mol. The summed E-state index contributed by atoms with van der Waals surface area (Å²) in [4.78, 5) is 4.66. The van der Waals surface area contributed by atoms with E-state index in [9.17, 15) is 0 Å². The molecule has 0 amide bonds. The van der Waals surface area contributed by atoms with Crippen molar-refractivity contribution < 1.29 is 0 Å². The highest BCUT2D eigenvalue weighted by Gasteiger charge is 2.11. The molecule has 3 nitrogen and oxygen atoms in total. The molecule has 2 aromatic rings. The van der Waals surface area contributed by atoms with Crippen LogP contribution in [0.5, 0.6) is 0 Å². The number of nitrogens with one attached hydrogen (secondary N) is 2. The van der Waals surface area contributed by atoms with E-state index < -0.39 is 0 Å². The van der Waals surface area contributed by atoms with Gasteiger partial charge in [0.05, 0.1) is 5.52 Å². The third-order valence-corrected chi connectivity index (χ3v) is 3.50. The van der Waals surface area contributed by atoms with Crippen molar-refractivity contribution in [2.45, 2.75) is 25.3 Å². The molecule has 2 N–H and O–H groups in total. The van der Waals surface area contributed by atoms with Gasteiger partial charge in [-0.25, -0.2) is 4.98 Å². The molecule has 1 aromatic carbocycles. The molecular weight excluding hydrogens is 222 g/mol. The molecule has 94 valence electrons. The Hall–Kier alpha value is -1.61. The fourth-order valence-corrected chi connectivity index (χ4v) is 2.50. The van der Waals surface area contributed by atoms with E-state index in [1.807, 2.05) is 12.1 Å². The first-order valence-corrected chi connectivity index (χ1v) is 6.75. The molecule has 0 radical (unpaired) electrons. The lowest BCUT2D eigenvalue weighted by Crippen LogP contribution is -2.31. The average Bonchev–Trinajstić information content (AvgIpc) is 2.67. The van der Waals surface area contributed by atoms with Crippen LogP contribution in [0.2, 0.25) is 0 Å². The van der Waals surface area contributed by atoms with Crippen LogP contribution in [0.4, 0.5) is 5.82 Å². The fourth-order valence-electron chi connectivity index (χ4n) is 2.50. The molecule has 1 aromatic heterocycles. The standard InChI is InChI=1S/C15H19N3/c1-2-7-14-12(5-1)8-9-15(18-14)17-13-6-3-4-10-16-11-13/h1-2,5,7-9,13,16H,3-4,6,10-11H2,(H,17,18). The Morgan fingerprint density at radius 2 is 2.06 bits per heavy atom. The molecule has 3 rings (SSSR count). The van der Waals surface area contributed by atoms with Crippen LogP contribution in [0, 0.1) is 0 Å². The molecule has 2 heterocycles. The summed E-state index contributed by atoms with van der Waals surface area (Å²) in [7, 11) is 0. The zero-order valence-electron chi connectivity index (χ0n) is 10.5. The normalized spacial score (nSPS) is 20.6.